The van der Waals surface area contributed by atoms with Crippen LogP contribution in [0.4, 0.5) is 0 Å². The maximum Gasteiger partial charge on any atom is 0.244 e. The highest BCUT2D eigenvalue weighted by molar-refractivity contribution is 7.89. The van der Waals surface area contributed by atoms with Crippen molar-refractivity contribution >= 4 is 21.4 Å². The number of thiophene rings is 1. The molecule has 118 valence electrons. The Kier molecular flexibility index (Phi) is 4.66. The molecule has 1 aromatic heterocycles. The molecule has 0 aliphatic carbocycles. The molecule has 0 saturated carbocycles. The van der Waals surface area contributed by atoms with Crippen molar-refractivity contribution in [3.63, 3.8) is 0 Å². The van der Waals surface area contributed by atoms with Crippen LogP contribution in [0.2, 0.25) is 0 Å². The highest BCUT2D eigenvalue weighted by atomic mass is 32.2. The maximum absolute atomic E-state index is 12.8. The Balaban J connectivity index is 1.75. The molecule has 1 N–H and O–H groups in total. The van der Waals surface area contributed by atoms with E-state index in [2.05, 4.69) is 10.2 Å². The van der Waals surface area contributed by atoms with Gasteiger partial charge in [-0.3, -0.25) is 4.90 Å². The van der Waals surface area contributed by atoms with Crippen LogP contribution in [-0.4, -0.2) is 56.9 Å². The number of piperidine rings is 1. The SMILES string of the molecule is CNCc1cc(S(=O)(=O)N2CCN3CCCCC3C2)cs1. The molecule has 3 heterocycles. The van der Waals surface area contributed by atoms with E-state index in [0.29, 0.717) is 24.0 Å². The van der Waals surface area contributed by atoms with Gasteiger partial charge < -0.3 is 5.32 Å². The van der Waals surface area contributed by atoms with E-state index in [1.54, 1.807) is 9.69 Å². The van der Waals surface area contributed by atoms with Gasteiger partial charge in [-0.25, -0.2) is 8.42 Å². The van der Waals surface area contributed by atoms with E-state index < -0.39 is 10.0 Å². The third-order valence-corrected chi connectivity index (χ3v) is 7.35. The number of rotatable bonds is 4. The lowest BCUT2D eigenvalue weighted by molar-refractivity contribution is 0.0852. The summed E-state index contributed by atoms with van der Waals surface area (Å²) in [6.45, 7) is 3.99. The van der Waals surface area contributed by atoms with Gasteiger partial charge in [-0.05, 0) is 32.5 Å². The third kappa shape index (κ3) is 3.17. The lowest BCUT2D eigenvalue weighted by atomic mass is 10.0. The Morgan fingerprint density at radius 1 is 1.33 bits per heavy atom. The lowest BCUT2D eigenvalue weighted by Gasteiger charge is -2.43. The van der Waals surface area contributed by atoms with E-state index in [4.69, 9.17) is 0 Å². The fourth-order valence-corrected chi connectivity index (χ4v) is 6.00. The van der Waals surface area contributed by atoms with Gasteiger partial charge in [-0.15, -0.1) is 11.3 Å². The molecule has 0 radical (unpaired) electrons. The second kappa shape index (κ2) is 6.34. The van der Waals surface area contributed by atoms with E-state index >= 15 is 0 Å². The second-order valence-corrected chi connectivity index (χ2v) is 8.76. The summed E-state index contributed by atoms with van der Waals surface area (Å²) >= 11 is 1.51. The van der Waals surface area contributed by atoms with Gasteiger partial charge in [0, 0.05) is 42.5 Å². The molecule has 2 saturated heterocycles. The molecule has 3 rings (SSSR count). The van der Waals surface area contributed by atoms with Crippen molar-refractivity contribution in [3.8, 4) is 0 Å². The molecule has 0 bridgehead atoms. The van der Waals surface area contributed by atoms with Gasteiger partial charge in [0.2, 0.25) is 10.0 Å². The van der Waals surface area contributed by atoms with Gasteiger partial charge in [0.15, 0.2) is 0 Å². The number of hydrogen-bond donors (Lipinski definition) is 1. The van der Waals surface area contributed by atoms with Gasteiger partial charge in [-0.1, -0.05) is 6.42 Å². The quantitative estimate of drug-likeness (QED) is 0.905. The van der Waals surface area contributed by atoms with Crippen molar-refractivity contribution in [3.05, 3.63) is 16.3 Å². The number of sulfonamides is 1. The first-order chi connectivity index (χ1) is 10.1. The molecule has 2 fully saturated rings. The Hall–Kier alpha value is -0.470. The van der Waals surface area contributed by atoms with Gasteiger partial charge in [0.25, 0.3) is 0 Å². The van der Waals surface area contributed by atoms with E-state index in [1.165, 1.54) is 24.2 Å². The minimum absolute atomic E-state index is 0.415. The van der Waals surface area contributed by atoms with Crippen molar-refractivity contribution < 1.29 is 8.42 Å². The van der Waals surface area contributed by atoms with Crippen LogP contribution in [0.3, 0.4) is 0 Å². The van der Waals surface area contributed by atoms with Crippen molar-refractivity contribution in [2.45, 2.75) is 36.7 Å². The summed E-state index contributed by atoms with van der Waals surface area (Å²) in [5, 5.41) is 4.83. The maximum atomic E-state index is 12.8. The monoisotopic (exact) mass is 329 g/mol. The van der Waals surface area contributed by atoms with Crippen LogP contribution in [0.5, 0.6) is 0 Å². The molecule has 5 nitrogen and oxygen atoms in total. The standard InChI is InChI=1S/C14H23N3O2S2/c1-15-9-13-8-14(11-20-13)21(18,19)17-7-6-16-5-3-2-4-12(16)10-17/h8,11-12,15H,2-7,9-10H2,1H3. The number of nitrogens with zero attached hydrogens (tertiary/aromatic N) is 2. The smallest absolute Gasteiger partial charge is 0.244 e. The number of nitrogens with one attached hydrogen (secondary N) is 1. The molecule has 0 amide bonds. The van der Waals surface area contributed by atoms with Crippen molar-refractivity contribution in [2.75, 3.05) is 33.2 Å². The lowest BCUT2D eigenvalue weighted by Crippen LogP contribution is -2.56. The summed E-state index contributed by atoms with van der Waals surface area (Å²) in [7, 11) is -1.45. The first-order valence-corrected chi connectivity index (χ1v) is 9.89. The van der Waals surface area contributed by atoms with Gasteiger partial charge in [0.1, 0.15) is 0 Å². The molecule has 0 spiro atoms. The summed E-state index contributed by atoms with van der Waals surface area (Å²) in [4.78, 5) is 3.98. The molecule has 1 aromatic rings. The minimum atomic E-state index is -3.32. The molecule has 0 aromatic carbocycles. The highest BCUT2D eigenvalue weighted by Crippen LogP contribution is 2.27. The molecule has 1 atom stereocenters. The molecule has 2 aliphatic heterocycles. The van der Waals surface area contributed by atoms with Gasteiger partial charge >= 0.3 is 0 Å². The Morgan fingerprint density at radius 2 is 2.19 bits per heavy atom. The Labute approximate surface area is 131 Å². The van der Waals surface area contributed by atoms with Gasteiger partial charge in [0.05, 0.1) is 4.90 Å². The summed E-state index contributed by atoms with van der Waals surface area (Å²) < 4.78 is 27.2. The molecular weight excluding hydrogens is 306 g/mol. The zero-order valence-corrected chi connectivity index (χ0v) is 14.0. The topological polar surface area (TPSA) is 52.7 Å². The normalized spacial score (nSPS) is 24.9. The molecule has 21 heavy (non-hydrogen) atoms. The van der Waals surface area contributed by atoms with Crippen molar-refractivity contribution in [1.29, 1.82) is 0 Å². The predicted octanol–water partition coefficient (Wildman–Crippen LogP) is 1.33. The predicted molar refractivity (Wildman–Crippen MR) is 85.1 cm³/mol. The van der Waals surface area contributed by atoms with E-state index in [0.717, 1.165) is 30.9 Å². The number of hydrogen-bond acceptors (Lipinski definition) is 5. The summed E-state index contributed by atoms with van der Waals surface area (Å²) in [5.74, 6) is 0. The zero-order chi connectivity index (χ0) is 14.9. The summed E-state index contributed by atoms with van der Waals surface area (Å²) in [5.41, 5.74) is 0. The Morgan fingerprint density at radius 3 is 3.00 bits per heavy atom. The first-order valence-electron chi connectivity index (χ1n) is 7.57. The van der Waals surface area contributed by atoms with Crippen LogP contribution < -0.4 is 5.32 Å². The van der Waals surface area contributed by atoms with Gasteiger partial charge in [-0.2, -0.15) is 4.31 Å². The average molecular weight is 329 g/mol. The number of piperazine rings is 1. The molecule has 2 aliphatic rings. The van der Waals surface area contributed by atoms with Crippen LogP contribution in [0.1, 0.15) is 24.1 Å². The summed E-state index contributed by atoms with van der Waals surface area (Å²) in [6.07, 6.45) is 3.60. The first kappa shape index (κ1) is 15.4. The zero-order valence-electron chi connectivity index (χ0n) is 12.4. The van der Waals surface area contributed by atoms with E-state index in [9.17, 15) is 8.42 Å². The van der Waals surface area contributed by atoms with E-state index in [-0.39, 0.29) is 0 Å². The molecular formula is C14H23N3O2S2. The molecule has 7 heteroatoms. The van der Waals surface area contributed by atoms with Crippen LogP contribution >= 0.6 is 11.3 Å². The van der Waals surface area contributed by atoms with Crippen LogP contribution in [0.15, 0.2) is 16.3 Å². The average Bonchev–Trinajstić information content (AvgIpc) is 2.96. The fourth-order valence-electron chi connectivity index (χ4n) is 3.26. The molecule has 1 unspecified atom stereocenters. The van der Waals surface area contributed by atoms with Crippen LogP contribution in [0.25, 0.3) is 0 Å². The minimum Gasteiger partial charge on any atom is -0.315 e. The van der Waals surface area contributed by atoms with Crippen LogP contribution in [0, 0.1) is 0 Å². The fraction of sp³-hybridized carbons (Fsp3) is 0.714. The third-order valence-electron chi connectivity index (χ3n) is 4.42. The van der Waals surface area contributed by atoms with E-state index in [1.807, 2.05) is 13.1 Å². The Bertz CT molecular complexity index is 585. The largest absolute Gasteiger partial charge is 0.315 e. The second-order valence-electron chi connectivity index (χ2n) is 5.83. The highest BCUT2D eigenvalue weighted by Gasteiger charge is 2.35. The number of fused-ring (bicyclic) bond motifs is 1. The van der Waals surface area contributed by atoms with Crippen molar-refractivity contribution in [1.82, 2.24) is 14.5 Å². The summed E-state index contributed by atoms with van der Waals surface area (Å²) in [6, 6.07) is 2.22. The van der Waals surface area contributed by atoms with Crippen LogP contribution in [-0.2, 0) is 16.6 Å². The van der Waals surface area contributed by atoms with Crippen molar-refractivity contribution in [2.24, 2.45) is 0 Å².